The number of nitrogens with one attached hydrogen (secondary N) is 2. The fourth-order valence-corrected chi connectivity index (χ4v) is 8.53. The van der Waals surface area contributed by atoms with Gasteiger partial charge in [0.15, 0.2) is 11.5 Å². The number of esters is 1. The topological polar surface area (TPSA) is 107 Å². The number of hydrogen-bond acceptors (Lipinski definition) is 7. The van der Waals surface area contributed by atoms with Crippen molar-refractivity contribution in [1.29, 1.82) is 0 Å². The summed E-state index contributed by atoms with van der Waals surface area (Å²) in [5.41, 5.74) is 4.10. The van der Waals surface area contributed by atoms with Crippen molar-refractivity contribution in [3.63, 3.8) is 0 Å². The third kappa shape index (κ3) is 4.09. The van der Waals surface area contributed by atoms with Crippen LogP contribution in [0.25, 0.3) is 10.9 Å². The number of aliphatic hydroxyl groups excluding tert-OH is 1. The van der Waals surface area contributed by atoms with Gasteiger partial charge in [-0.05, 0) is 89.2 Å². The van der Waals surface area contributed by atoms with Crippen molar-refractivity contribution in [1.82, 2.24) is 15.2 Å². The Morgan fingerprint density at radius 3 is 2.85 bits per heavy atom. The lowest BCUT2D eigenvalue weighted by atomic mass is 9.51. The zero-order valence-electron chi connectivity index (χ0n) is 24.4. The Morgan fingerprint density at radius 1 is 1.27 bits per heavy atom. The molecule has 218 valence electrons. The van der Waals surface area contributed by atoms with E-state index in [2.05, 4.69) is 28.3 Å². The minimum absolute atomic E-state index is 0.0624. The summed E-state index contributed by atoms with van der Waals surface area (Å²) < 4.78 is 12.7. The van der Waals surface area contributed by atoms with E-state index in [9.17, 15) is 15.0 Å². The first-order valence-electron chi connectivity index (χ1n) is 15.0. The Morgan fingerprint density at radius 2 is 2.07 bits per heavy atom. The number of hydrogen-bond donors (Lipinski definition) is 4. The standard InChI is InChI=1S/C33H41N3O5/c1-32(2,3)41-31(39)25(14-19-16-34-23-8-6-5-7-21(19)23)35-24-10-9-22-26-15-18-13-20(17-37)28(38)29-27(18)33(22,30(24)40-29)11-12-36(26)4/h5-8,13,16,22,24-26,30,34-35,37-38H,9-12,14-15,17H2,1-4H3/t22-,24?,25?,26+,30?,33-/m0/s1. The van der Waals surface area contributed by atoms with Gasteiger partial charge in [-0.3, -0.25) is 10.1 Å². The minimum Gasteiger partial charge on any atom is -0.504 e. The molecule has 6 atom stereocenters. The molecule has 3 aromatic rings. The number of likely N-dealkylation sites (N-methyl/N-ethyl adjacent to an activating group) is 1. The molecule has 0 amide bonds. The molecule has 0 radical (unpaired) electrons. The maximum Gasteiger partial charge on any atom is 0.324 e. The summed E-state index contributed by atoms with van der Waals surface area (Å²) in [5, 5.41) is 26.1. The number of aromatic nitrogens is 1. The molecule has 1 saturated heterocycles. The molecule has 2 aliphatic heterocycles. The predicted octanol–water partition coefficient (Wildman–Crippen LogP) is 3.95. The van der Waals surface area contributed by atoms with E-state index in [1.54, 1.807) is 0 Å². The zero-order valence-corrected chi connectivity index (χ0v) is 24.4. The molecule has 4 aliphatic rings. The number of phenols is 1. The summed E-state index contributed by atoms with van der Waals surface area (Å²) in [4.78, 5) is 19.5. The third-order valence-electron chi connectivity index (χ3n) is 10.2. The van der Waals surface area contributed by atoms with Gasteiger partial charge in [-0.25, -0.2) is 0 Å². The maximum absolute atomic E-state index is 13.7. The monoisotopic (exact) mass is 559 g/mol. The Labute approximate surface area is 241 Å². The van der Waals surface area contributed by atoms with E-state index in [-0.39, 0.29) is 35.9 Å². The van der Waals surface area contributed by atoms with Gasteiger partial charge in [0.05, 0.1) is 6.61 Å². The minimum atomic E-state index is -0.612. The number of aromatic hydroxyl groups is 1. The summed E-state index contributed by atoms with van der Waals surface area (Å²) >= 11 is 0. The number of fused-ring (bicyclic) bond motifs is 1. The van der Waals surface area contributed by atoms with E-state index in [4.69, 9.17) is 9.47 Å². The first-order chi connectivity index (χ1) is 19.6. The summed E-state index contributed by atoms with van der Waals surface area (Å²) in [6.07, 6.45) is 5.97. The first kappa shape index (κ1) is 26.8. The molecule has 1 saturated carbocycles. The molecule has 4 N–H and O–H groups in total. The lowest BCUT2D eigenvalue weighted by molar-refractivity contribution is -0.158. The van der Waals surface area contributed by atoms with E-state index in [0.29, 0.717) is 29.7 Å². The van der Waals surface area contributed by atoms with Crippen molar-refractivity contribution in [3.05, 3.63) is 58.8 Å². The Kier molecular flexibility index (Phi) is 6.20. The highest BCUT2D eigenvalue weighted by Crippen LogP contribution is 2.64. The van der Waals surface area contributed by atoms with E-state index < -0.39 is 11.6 Å². The molecule has 2 fully saturated rings. The quantitative estimate of drug-likeness (QED) is 0.339. The van der Waals surface area contributed by atoms with E-state index in [0.717, 1.165) is 54.3 Å². The number of piperidine rings is 1. The van der Waals surface area contributed by atoms with Gasteiger partial charge in [0, 0.05) is 52.1 Å². The molecule has 3 heterocycles. The number of aliphatic hydroxyl groups is 1. The van der Waals surface area contributed by atoms with Crippen LogP contribution in [-0.4, -0.2) is 69.5 Å². The van der Waals surface area contributed by atoms with E-state index in [1.165, 1.54) is 5.56 Å². The predicted molar refractivity (Wildman–Crippen MR) is 156 cm³/mol. The summed E-state index contributed by atoms with van der Waals surface area (Å²) in [5.74, 6) is 0.746. The molecule has 2 bridgehead atoms. The second-order valence-electron chi connectivity index (χ2n) is 13.6. The number of para-hydroxylation sites is 1. The van der Waals surface area contributed by atoms with Gasteiger partial charge in [-0.15, -0.1) is 0 Å². The van der Waals surface area contributed by atoms with Gasteiger partial charge in [0.2, 0.25) is 0 Å². The molecule has 2 aliphatic carbocycles. The highest BCUT2D eigenvalue weighted by molar-refractivity contribution is 5.84. The molecular weight excluding hydrogens is 518 g/mol. The molecule has 8 nitrogen and oxygen atoms in total. The molecule has 7 rings (SSSR count). The highest BCUT2D eigenvalue weighted by atomic mass is 16.6. The normalized spacial score (nSPS) is 29.2. The van der Waals surface area contributed by atoms with Crippen LogP contribution < -0.4 is 10.1 Å². The van der Waals surface area contributed by atoms with Crippen LogP contribution in [0.1, 0.15) is 62.3 Å². The van der Waals surface area contributed by atoms with Crippen molar-refractivity contribution in [2.45, 2.75) is 94.7 Å². The second kappa shape index (κ2) is 9.48. The Bertz CT molecular complexity index is 1510. The SMILES string of the molecule is CN1CC[C@]23c4c5cc(CO)c(O)c4OC2C(NC(Cc2c[nH]c4ccccc24)C(=O)OC(C)(C)C)CC[C@H]3[C@H]1C5. The number of benzene rings is 2. The number of nitrogens with zero attached hydrogens (tertiary/aromatic N) is 1. The molecule has 1 spiro atoms. The molecular formula is C33H41N3O5. The number of likely N-dealkylation sites (tertiary alicyclic amines) is 1. The summed E-state index contributed by atoms with van der Waals surface area (Å²) in [6, 6.07) is 9.85. The molecule has 8 heteroatoms. The van der Waals surface area contributed by atoms with Gasteiger partial charge < -0.3 is 29.6 Å². The van der Waals surface area contributed by atoms with Gasteiger partial charge in [-0.2, -0.15) is 0 Å². The number of carbonyl (C=O) groups excluding carboxylic acids is 1. The van der Waals surface area contributed by atoms with Crippen LogP contribution >= 0.6 is 0 Å². The van der Waals surface area contributed by atoms with Crippen molar-refractivity contribution in [2.75, 3.05) is 13.6 Å². The van der Waals surface area contributed by atoms with Gasteiger partial charge >= 0.3 is 5.97 Å². The van der Waals surface area contributed by atoms with E-state index >= 15 is 0 Å². The average molecular weight is 560 g/mol. The summed E-state index contributed by atoms with van der Waals surface area (Å²) in [6.45, 7) is 6.43. The lowest BCUT2D eigenvalue weighted by Gasteiger charge is -2.59. The van der Waals surface area contributed by atoms with Gasteiger partial charge in [-0.1, -0.05) is 18.2 Å². The van der Waals surface area contributed by atoms with Crippen molar-refractivity contribution in [2.24, 2.45) is 5.92 Å². The first-order valence-corrected chi connectivity index (χ1v) is 15.0. The number of aromatic amines is 1. The highest BCUT2D eigenvalue weighted by Gasteiger charge is 2.65. The van der Waals surface area contributed by atoms with Gasteiger partial charge in [0.25, 0.3) is 0 Å². The molecule has 1 aromatic heterocycles. The van der Waals surface area contributed by atoms with Crippen molar-refractivity contribution >= 4 is 16.9 Å². The fraction of sp³-hybridized carbons (Fsp3) is 0.545. The van der Waals surface area contributed by atoms with Crippen molar-refractivity contribution in [3.8, 4) is 11.5 Å². The van der Waals surface area contributed by atoms with Crippen LogP contribution in [0.5, 0.6) is 11.5 Å². The smallest absolute Gasteiger partial charge is 0.324 e. The largest absolute Gasteiger partial charge is 0.504 e. The Hall–Kier alpha value is -3.07. The molecule has 41 heavy (non-hydrogen) atoms. The van der Waals surface area contributed by atoms with Crippen molar-refractivity contribution < 1.29 is 24.5 Å². The van der Waals surface area contributed by atoms with Crippen LogP contribution in [0.2, 0.25) is 0 Å². The van der Waals surface area contributed by atoms with Crippen LogP contribution in [0, 0.1) is 5.92 Å². The Balaban J connectivity index is 1.27. The average Bonchev–Trinajstić information content (AvgIpc) is 3.50. The molecule has 3 unspecified atom stereocenters. The van der Waals surface area contributed by atoms with Crippen LogP contribution in [0.15, 0.2) is 36.5 Å². The van der Waals surface area contributed by atoms with Crippen LogP contribution in [0.3, 0.4) is 0 Å². The number of ether oxygens (including phenoxy) is 2. The summed E-state index contributed by atoms with van der Waals surface area (Å²) in [7, 11) is 2.21. The number of rotatable bonds is 6. The lowest BCUT2D eigenvalue weighted by Crippen LogP contribution is -2.69. The van der Waals surface area contributed by atoms with Crippen LogP contribution in [-0.2, 0) is 34.4 Å². The zero-order chi connectivity index (χ0) is 28.7. The molecule has 2 aromatic carbocycles. The van der Waals surface area contributed by atoms with Crippen LogP contribution in [0.4, 0.5) is 0 Å². The fourth-order valence-electron chi connectivity index (χ4n) is 8.53. The number of H-pyrrole nitrogens is 1. The number of carbonyl (C=O) groups is 1. The third-order valence-corrected chi connectivity index (χ3v) is 10.2. The second-order valence-corrected chi connectivity index (χ2v) is 13.6. The van der Waals surface area contributed by atoms with E-state index in [1.807, 2.05) is 51.2 Å². The maximum atomic E-state index is 13.7. The van der Waals surface area contributed by atoms with Gasteiger partial charge in [0.1, 0.15) is 17.7 Å².